The van der Waals surface area contributed by atoms with Gasteiger partial charge in [0, 0.05) is 24.8 Å². The molecule has 0 saturated carbocycles. The molecule has 14 heavy (non-hydrogen) atoms. The van der Waals surface area contributed by atoms with Crippen LogP contribution in [0.25, 0.3) is 0 Å². The lowest BCUT2D eigenvalue weighted by Gasteiger charge is -1.87. The zero-order valence-corrected chi connectivity index (χ0v) is 7.45. The molecule has 0 saturated heterocycles. The Labute approximate surface area is 81.5 Å². The molecule has 72 valence electrons. The number of aromatic nitrogens is 2. The fourth-order valence-electron chi connectivity index (χ4n) is 0.775. The summed E-state index contributed by atoms with van der Waals surface area (Å²) < 4.78 is 1.08. The Bertz CT molecular complexity index is 330. The van der Waals surface area contributed by atoms with Gasteiger partial charge in [0.15, 0.2) is 0 Å². The molecule has 0 amide bonds. The SMILES string of the molecule is O=C(O)n1cccc1.c1ccncc1. The largest absolute Gasteiger partial charge is 0.464 e. The highest BCUT2D eigenvalue weighted by atomic mass is 16.4. The highest BCUT2D eigenvalue weighted by Gasteiger charge is 1.92. The first-order valence-corrected chi connectivity index (χ1v) is 4.02. The topological polar surface area (TPSA) is 55.1 Å². The van der Waals surface area contributed by atoms with Crippen molar-refractivity contribution in [1.82, 2.24) is 9.55 Å². The van der Waals surface area contributed by atoms with Gasteiger partial charge in [0.05, 0.1) is 0 Å². The third-order valence-corrected chi connectivity index (χ3v) is 1.39. The van der Waals surface area contributed by atoms with E-state index in [1.54, 1.807) is 24.5 Å². The number of hydrogen-bond acceptors (Lipinski definition) is 2. The van der Waals surface area contributed by atoms with Crippen molar-refractivity contribution >= 4 is 6.09 Å². The highest BCUT2D eigenvalue weighted by Crippen LogP contribution is 1.86. The number of carbonyl (C=O) groups is 1. The minimum absolute atomic E-state index is 0.949. The van der Waals surface area contributed by atoms with Crippen LogP contribution >= 0.6 is 0 Å². The van der Waals surface area contributed by atoms with Crippen LogP contribution in [0.4, 0.5) is 4.79 Å². The Morgan fingerprint density at radius 3 is 1.79 bits per heavy atom. The van der Waals surface area contributed by atoms with E-state index in [4.69, 9.17) is 5.11 Å². The third-order valence-electron chi connectivity index (χ3n) is 1.39. The zero-order chi connectivity index (χ0) is 10.2. The van der Waals surface area contributed by atoms with Crippen molar-refractivity contribution in [2.45, 2.75) is 0 Å². The van der Waals surface area contributed by atoms with Crippen molar-refractivity contribution in [1.29, 1.82) is 0 Å². The van der Waals surface area contributed by atoms with E-state index in [9.17, 15) is 4.79 Å². The van der Waals surface area contributed by atoms with Crippen molar-refractivity contribution in [2.75, 3.05) is 0 Å². The van der Waals surface area contributed by atoms with Crippen LogP contribution in [0.2, 0.25) is 0 Å². The Morgan fingerprint density at radius 1 is 1.00 bits per heavy atom. The quantitative estimate of drug-likeness (QED) is 0.692. The molecule has 0 spiro atoms. The summed E-state index contributed by atoms with van der Waals surface area (Å²) in [5.74, 6) is 0. The summed E-state index contributed by atoms with van der Waals surface area (Å²) in [6.45, 7) is 0. The van der Waals surface area contributed by atoms with Gasteiger partial charge in [-0.15, -0.1) is 0 Å². The fraction of sp³-hybridized carbons (Fsp3) is 0. The van der Waals surface area contributed by atoms with Gasteiger partial charge in [-0.05, 0) is 24.3 Å². The Kier molecular flexibility index (Phi) is 3.94. The average Bonchev–Trinajstić information content (AvgIpc) is 2.74. The summed E-state index contributed by atoms with van der Waals surface area (Å²) >= 11 is 0. The second kappa shape index (κ2) is 5.53. The Balaban J connectivity index is 0.000000146. The van der Waals surface area contributed by atoms with E-state index in [1.807, 2.05) is 18.2 Å². The van der Waals surface area contributed by atoms with Crippen LogP contribution in [-0.4, -0.2) is 20.8 Å². The van der Waals surface area contributed by atoms with E-state index < -0.39 is 6.09 Å². The van der Waals surface area contributed by atoms with Gasteiger partial charge in [0.25, 0.3) is 0 Å². The lowest BCUT2D eigenvalue weighted by atomic mass is 10.5. The first-order chi connectivity index (χ1) is 6.80. The van der Waals surface area contributed by atoms with Gasteiger partial charge < -0.3 is 5.11 Å². The molecule has 4 heteroatoms. The maximum absolute atomic E-state index is 10.0. The lowest BCUT2D eigenvalue weighted by molar-refractivity contribution is 0.196. The summed E-state index contributed by atoms with van der Waals surface area (Å²) in [6, 6.07) is 9.04. The van der Waals surface area contributed by atoms with Crippen LogP contribution in [0.5, 0.6) is 0 Å². The van der Waals surface area contributed by atoms with Crippen LogP contribution in [0.3, 0.4) is 0 Å². The molecule has 0 bridgehead atoms. The summed E-state index contributed by atoms with van der Waals surface area (Å²) in [4.78, 5) is 13.8. The first-order valence-electron chi connectivity index (χ1n) is 4.02. The van der Waals surface area contributed by atoms with E-state index >= 15 is 0 Å². The molecular weight excluding hydrogens is 180 g/mol. The molecule has 2 aromatic rings. The molecule has 2 aromatic heterocycles. The van der Waals surface area contributed by atoms with E-state index in [2.05, 4.69) is 4.98 Å². The van der Waals surface area contributed by atoms with Crippen LogP contribution < -0.4 is 0 Å². The second-order valence-electron chi connectivity index (χ2n) is 2.40. The van der Waals surface area contributed by atoms with Gasteiger partial charge >= 0.3 is 6.09 Å². The molecule has 1 N–H and O–H groups in total. The van der Waals surface area contributed by atoms with Gasteiger partial charge in [-0.25, -0.2) is 4.79 Å². The standard InChI is InChI=1S/C5H5NO2.C5H5N/c7-5(8)6-3-1-2-4-6;1-2-4-6-5-3-1/h1-4H,(H,7,8);1-5H. The van der Waals surface area contributed by atoms with Crippen LogP contribution in [0.15, 0.2) is 55.1 Å². The number of pyridine rings is 1. The first kappa shape index (κ1) is 9.98. The van der Waals surface area contributed by atoms with Gasteiger partial charge in [0.1, 0.15) is 0 Å². The predicted octanol–water partition coefficient (Wildman–Crippen LogP) is 2.10. The van der Waals surface area contributed by atoms with Crippen molar-refractivity contribution < 1.29 is 9.90 Å². The number of hydrogen-bond donors (Lipinski definition) is 1. The number of rotatable bonds is 0. The van der Waals surface area contributed by atoms with Crippen molar-refractivity contribution in [3.63, 3.8) is 0 Å². The summed E-state index contributed by atoms with van der Waals surface area (Å²) in [6.07, 6.45) is 5.50. The molecule has 2 rings (SSSR count). The average molecular weight is 190 g/mol. The van der Waals surface area contributed by atoms with E-state index in [0.717, 1.165) is 4.57 Å². The van der Waals surface area contributed by atoms with Crippen molar-refractivity contribution in [3.8, 4) is 0 Å². The molecule has 0 aliphatic heterocycles. The molecule has 0 radical (unpaired) electrons. The van der Waals surface area contributed by atoms with E-state index in [1.165, 1.54) is 12.4 Å². The highest BCUT2D eigenvalue weighted by molar-refractivity contribution is 5.67. The monoisotopic (exact) mass is 190 g/mol. The molecule has 0 atom stereocenters. The normalized spacial score (nSPS) is 8.57. The maximum Gasteiger partial charge on any atom is 0.415 e. The number of nitrogens with zero attached hydrogens (tertiary/aromatic N) is 2. The summed E-state index contributed by atoms with van der Waals surface area (Å²) in [5, 5.41) is 8.24. The Morgan fingerprint density at radius 2 is 1.57 bits per heavy atom. The molecule has 0 aromatic carbocycles. The molecule has 0 aliphatic rings. The molecule has 0 aliphatic carbocycles. The van der Waals surface area contributed by atoms with Gasteiger partial charge in [-0.3, -0.25) is 9.55 Å². The van der Waals surface area contributed by atoms with Crippen LogP contribution in [0.1, 0.15) is 0 Å². The van der Waals surface area contributed by atoms with Gasteiger partial charge in [0.2, 0.25) is 0 Å². The van der Waals surface area contributed by atoms with E-state index in [-0.39, 0.29) is 0 Å². The van der Waals surface area contributed by atoms with Crippen LogP contribution in [0, 0.1) is 0 Å². The maximum atomic E-state index is 10.0. The summed E-state index contributed by atoms with van der Waals surface area (Å²) in [5.41, 5.74) is 0. The van der Waals surface area contributed by atoms with Gasteiger partial charge in [-0.1, -0.05) is 6.07 Å². The van der Waals surface area contributed by atoms with Crippen molar-refractivity contribution in [2.24, 2.45) is 0 Å². The minimum atomic E-state index is -0.949. The fourth-order valence-corrected chi connectivity index (χ4v) is 0.775. The second-order valence-corrected chi connectivity index (χ2v) is 2.40. The molecule has 4 nitrogen and oxygen atoms in total. The molecule has 0 unspecified atom stereocenters. The number of carboxylic acid groups (broad SMARTS) is 1. The zero-order valence-electron chi connectivity index (χ0n) is 7.45. The van der Waals surface area contributed by atoms with Gasteiger partial charge in [-0.2, -0.15) is 0 Å². The Hall–Kier alpha value is -2.10. The summed E-state index contributed by atoms with van der Waals surface area (Å²) in [7, 11) is 0. The lowest BCUT2D eigenvalue weighted by Crippen LogP contribution is -2.03. The van der Waals surface area contributed by atoms with Crippen molar-refractivity contribution in [3.05, 3.63) is 55.1 Å². The molecule has 0 fully saturated rings. The minimum Gasteiger partial charge on any atom is -0.464 e. The smallest absolute Gasteiger partial charge is 0.415 e. The third kappa shape index (κ3) is 3.53. The molecular formula is C10H10N2O2. The molecule has 2 heterocycles. The van der Waals surface area contributed by atoms with Crippen LogP contribution in [-0.2, 0) is 0 Å². The predicted molar refractivity (Wildman–Crippen MR) is 52.1 cm³/mol. The van der Waals surface area contributed by atoms with E-state index in [0.29, 0.717) is 0 Å².